The highest BCUT2D eigenvalue weighted by molar-refractivity contribution is 5.89. The van der Waals surface area contributed by atoms with Crippen LogP contribution in [0.3, 0.4) is 0 Å². The van der Waals surface area contributed by atoms with Gasteiger partial charge in [-0.05, 0) is 52.0 Å². The van der Waals surface area contributed by atoms with Crippen LogP contribution in [-0.2, 0) is 4.74 Å². The van der Waals surface area contributed by atoms with Gasteiger partial charge in [-0.25, -0.2) is 4.79 Å². The molecule has 1 aromatic carbocycles. The second-order valence-corrected chi connectivity index (χ2v) is 6.53. The molecule has 5 nitrogen and oxygen atoms in total. The summed E-state index contributed by atoms with van der Waals surface area (Å²) < 4.78 is 5.97. The molecule has 3 N–H and O–H groups in total. The van der Waals surface area contributed by atoms with Crippen molar-refractivity contribution >= 4 is 17.4 Å². The Balaban J connectivity index is 2.07. The molecule has 20 heavy (non-hydrogen) atoms. The highest BCUT2D eigenvalue weighted by Crippen LogP contribution is 2.28. The van der Waals surface area contributed by atoms with Crippen LogP contribution in [0.15, 0.2) is 24.3 Å². The molecule has 0 radical (unpaired) electrons. The summed E-state index contributed by atoms with van der Waals surface area (Å²) in [5.74, 6) is 0. The lowest BCUT2D eigenvalue weighted by molar-refractivity contribution is -0.169. The molecule has 1 heterocycles. The second-order valence-electron chi connectivity index (χ2n) is 6.53. The number of amides is 2. The van der Waals surface area contributed by atoms with E-state index in [1.165, 1.54) is 0 Å². The molecule has 0 aromatic heterocycles. The predicted octanol–water partition coefficient (Wildman–Crippen LogP) is 2.69. The van der Waals surface area contributed by atoms with Crippen LogP contribution in [-0.4, -0.2) is 35.2 Å². The van der Waals surface area contributed by atoms with Crippen molar-refractivity contribution in [3.63, 3.8) is 0 Å². The Bertz CT molecular complexity index is 478. The number of urea groups is 1. The number of hydrogen-bond acceptors (Lipinski definition) is 3. The second kappa shape index (κ2) is 4.98. The normalized spacial score (nSPS) is 20.5. The molecule has 1 aliphatic rings. The molecule has 0 atom stereocenters. The van der Waals surface area contributed by atoms with Gasteiger partial charge in [0.25, 0.3) is 0 Å². The van der Waals surface area contributed by atoms with E-state index in [0.717, 1.165) is 5.69 Å². The highest BCUT2D eigenvalue weighted by Gasteiger charge is 2.39. The molecule has 2 rings (SSSR count). The molecule has 5 heteroatoms. The standard InChI is InChI=1S/C15H23N3O2/c1-14(2)9-18(10-15(3,4)20-14)13(19)17-12-7-5-11(16)6-8-12/h5-8H,9-10,16H2,1-4H3,(H,17,19). The van der Waals surface area contributed by atoms with Gasteiger partial charge in [-0.2, -0.15) is 0 Å². The number of carbonyl (C=O) groups excluding carboxylic acids is 1. The average Bonchev–Trinajstić information content (AvgIpc) is 2.28. The van der Waals surface area contributed by atoms with E-state index in [2.05, 4.69) is 5.32 Å². The lowest BCUT2D eigenvalue weighted by atomic mass is 9.99. The Kier molecular flexibility index (Phi) is 3.65. The molecule has 1 fully saturated rings. The number of rotatable bonds is 1. The number of benzene rings is 1. The first kappa shape index (κ1) is 14.7. The van der Waals surface area contributed by atoms with Crippen molar-refractivity contribution in [2.75, 3.05) is 24.1 Å². The molecule has 110 valence electrons. The number of nitrogens with zero attached hydrogens (tertiary/aromatic N) is 1. The van der Waals surface area contributed by atoms with Gasteiger partial charge in [0.15, 0.2) is 0 Å². The van der Waals surface area contributed by atoms with Crippen molar-refractivity contribution in [2.24, 2.45) is 0 Å². The van der Waals surface area contributed by atoms with Crippen LogP contribution in [0.25, 0.3) is 0 Å². The molecular weight excluding hydrogens is 254 g/mol. The van der Waals surface area contributed by atoms with Crippen molar-refractivity contribution in [3.05, 3.63) is 24.3 Å². The minimum absolute atomic E-state index is 0.112. The fraction of sp³-hybridized carbons (Fsp3) is 0.533. The summed E-state index contributed by atoms with van der Waals surface area (Å²) >= 11 is 0. The molecule has 0 bridgehead atoms. The van der Waals surface area contributed by atoms with Gasteiger partial charge in [-0.3, -0.25) is 0 Å². The fourth-order valence-corrected chi connectivity index (χ4v) is 2.70. The minimum Gasteiger partial charge on any atom is -0.399 e. The molecule has 1 aromatic rings. The maximum absolute atomic E-state index is 12.4. The molecular formula is C15H23N3O2. The summed E-state index contributed by atoms with van der Waals surface area (Å²) in [6.07, 6.45) is 0. The zero-order valence-electron chi connectivity index (χ0n) is 12.6. The van der Waals surface area contributed by atoms with Crippen molar-refractivity contribution in [1.29, 1.82) is 0 Å². The van der Waals surface area contributed by atoms with Gasteiger partial charge in [-0.1, -0.05) is 0 Å². The molecule has 0 aliphatic carbocycles. The van der Waals surface area contributed by atoms with E-state index in [1.807, 2.05) is 27.7 Å². The van der Waals surface area contributed by atoms with E-state index in [0.29, 0.717) is 18.8 Å². The summed E-state index contributed by atoms with van der Waals surface area (Å²) in [5, 5.41) is 2.89. The SMILES string of the molecule is CC1(C)CN(C(=O)Nc2ccc(N)cc2)CC(C)(C)O1. The number of anilines is 2. The largest absolute Gasteiger partial charge is 0.399 e. The molecule has 0 unspecified atom stereocenters. The number of nitrogens with one attached hydrogen (secondary N) is 1. The van der Waals surface area contributed by atoms with Crippen molar-refractivity contribution < 1.29 is 9.53 Å². The van der Waals surface area contributed by atoms with Gasteiger partial charge in [-0.15, -0.1) is 0 Å². The molecule has 1 saturated heterocycles. The van der Waals surface area contributed by atoms with Crippen LogP contribution in [0, 0.1) is 0 Å². The third-order valence-electron chi connectivity index (χ3n) is 3.15. The van der Waals surface area contributed by atoms with Gasteiger partial charge >= 0.3 is 6.03 Å². The number of nitrogens with two attached hydrogens (primary N) is 1. The zero-order valence-corrected chi connectivity index (χ0v) is 12.6. The smallest absolute Gasteiger partial charge is 0.322 e. The first-order valence-electron chi connectivity index (χ1n) is 6.79. The van der Waals surface area contributed by atoms with Gasteiger partial charge in [0.1, 0.15) is 0 Å². The maximum atomic E-state index is 12.4. The van der Waals surface area contributed by atoms with Crippen LogP contribution in [0.4, 0.5) is 16.2 Å². The number of hydrogen-bond donors (Lipinski definition) is 2. The third-order valence-corrected chi connectivity index (χ3v) is 3.15. The monoisotopic (exact) mass is 277 g/mol. The summed E-state index contributed by atoms with van der Waals surface area (Å²) in [6.45, 7) is 9.12. The van der Waals surface area contributed by atoms with E-state index in [9.17, 15) is 4.79 Å². The average molecular weight is 277 g/mol. The van der Waals surface area contributed by atoms with Crippen LogP contribution < -0.4 is 11.1 Å². The van der Waals surface area contributed by atoms with Crippen molar-refractivity contribution in [3.8, 4) is 0 Å². The number of carbonyl (C=O) groups is 1. The summed E-state index contributed by atoms with van der Waals surface area (Å²) in [5.41, 5.74) is 6.36. The van der Waals surface area contributed by atoms with Gasteiger partial charge in [0, 0.05) is 11.4 Å². The summed E-state index contributed by atoms with van der Waals surface area (Å²) in [4.78, 5) is 14.1. The first-order chi connectivity index (χ1) is 9.17. The Hall–Kier alpha value is -1.75. The molecule has 2 amide bonds. The predicted molar refractivity (Wildman–Crippen MR) is 80.7 cm³/mol. The summed E-state index contributed by atoms with van der Waals surface area (Å²) in [7, 11) is 0. The Labute approximate surface area is 120 Å². The van der Waals surface area contributed by atoms with E-state index >= 15 is 0 Å². The summed E-state index contributed by atoms with van der Waals surface area (Å²) in [6, 6.07) is 7.01. The maximum Gasteiger partial charge on any atom is 0.322 e. The lowest BCUT2D eigenvalue weighted by Crippen LogP contribution is -2.59. The molecule has 0 saturated carbocycles. The third kappa shape index (κ3) is 3.63. The number of morpholine rings is 1. The van der Waals surface area contributed by atoms with Crippen LogP contribution >= 0.6 is 0 Å². The van der Waals surface area contributed by atoms with E-state index in [4.69, 9.17) is 10.5 Å². The topological polar surface area (TPSA) is 67.6 Å². The Morgan fingerprint density at radius 2 is 1.65 bits per heavy atom. The first-order valence-corrected chi connectivity index (χ1v) is 6.79. The van der Waals surface area contributed by atoms with E-state index < -0.39 is 0 Å². The van der Waals surface area contributed by atoms with Crippen molar-refractivity contribution in [2.45, 2.75) is 38.9 Å². The van der Waals surface area contributed by atoms with Crippen LogP contribution in [0.1, 0.15) is 27.7 Å². The van der Waals surface area contributed by atoms with Crippen LogP contribution in [0.5, 0.6) is 0 Å². The van der Waals surface area contributed by atoms with Gasteiger partial charge < -0.3 is 20.7 Å². The minimum atomic E-state index is -0.347. The molecule has 1 aliphatic heterocycles. The van der Waals surface area contributed by atoms with Crippen LogP contribution in [0.2, 0.25) is 0 Å². The fourth-order valence-electron chi connectivity index (χ4n) is 2.70. The zero-order chi connectivity index (χ0) is 15.0. The Morgan fingerprint density at radius 3 is 2.15 bits per heavy atom. The van der Waals surface area contributed by atoms with Gasteiger partial charge in [0.05, 0.1) is 24.3 Å². The van der Waals surface area contributed by atoms with Crippen molar-refractivity contribution in [1.82, 2.24) is 4.90 Å². The van der Waals surface area contributed by atoms with Gasteiger partial charge in [0.2, 0.25) is 0 Å². The lowest BCUT2D eigenvalue weighted by Gasteiger charge is -2.46. The Morgan fingerprint density at radius 1 is 1.15 bits per heavy atom. The quantitative estimate of drug-likeness (QED) is 0.775. The van der Waals surface area contributed by atoms with E-state index in [1.54, 1.807) is 29.2 Å². The molecule has 0 spiro atoms. The van der Waals surface area contributed by atoms with E-state index in [-0.39, 0.29) is 17.2 Å². The highest BCUT2D eigenvalue weighted by atomic mass is 16.5. The number of ether oxygens (including phenoxy) is 1. The number of nitrogen functional groups attached to an aromatic ring is 1.